The Labute approximate surface area is 111 Å². The van der Waals surface area contributed by atoms with Crippen LogP contribution in [0.1, 0.15) is 44.1 Å². The number of hydrogen-bond donors (Lipinski definition) is 1. The number of hydrogen-bond acceptors (Lipinski definition) is 2. The summed E-state index contributed by atoms with van der Waals surface area (Å²) >= 11 is 3.53. The fourth-order valence-electron chi connectivity index (χ4n) is 2.49. The van der Waals surface area contributed by atoms with Gasteiger partial charge in [-0.15, -0.1) is 0 Å². The molecule has 2 saturated carbocycles. The van der Waals surface area contributed by atoms with E-state index in [4.69, 9.17) is 10.5 Å². The molecule has 0 radical (unpaired) electrons. The van der Waals surface area contributed by atoms with E-state index in [0.717, 1.165) is 23.1 Å². The van der Waals surface area contributed by atoms with Crippen molar-refractivity contribution in [1.29, 1.82) is 0 Å². The molecule has 2 fully saturated rings. The average Bonchev–Trinajstić information content (AvgIpc) is 2.21. The smallest absolute Gasteiger partial charge is 0.124 e. The van der Waals surface area contributed by atoms with E-state index in [-0.39, 0.29) is 5.54 Å². The summed E-state index contributed by atoms with van der Waals surface area (Å²) in [6.07, 6.45) is 7.46. The van der Waals surface area contributed by atoms with Gasteiger partial charge < -0.3 is 10.5 Å². The van der Waals surface area contributed by atoms with E-state index in [1.807, 2.05) is 6.07 Å². The molecule has 0 amide bonds. The normalized spacial score (nSPS) is 22.7. The van der Waals surface area contributed by atoms with Crippen LogP contribution in [0.5, 0.6) is 5.75 Å². The summed E-state index contributed by atoms with van der Waals surface area (Å²) in [4.78, 5) is 0. The highest BCUT2D eigenvalue weighted by molar-refractivity contribution is 9.10. The van der Waals surface area contributed by atoms with Crippen LogP contribution in [-0.4, -0.2) is 6.10 Å². The molecule has 0 spiro atoms. The number of halogens is 1. The van der Waals surface area contributed by atoms with Gasteiger partial charge in [0.25, 0.3) is 0 Å². The quantitative estimate of drug-likeness (QED) is 0.922. The van der Waals surface area contributed by atoms with Crippen LogP contribution in [0.3, 0.4) is 0 Å². The zero-order chi connectivity index (χ0) is 11.9. The minimum atomic E-state index is -0.150. The van der Waals surface area contributed by atoms with Crippen molar-refractivity contribution in [2.24, 2.45) is 5.73 Å². The van der Waals surface area contributed by atoms with E-state index in [1.165, 1.54) is 31.2 Å². The predicted octanol–water partition coefficient (Wildman–Crippen LogP) is 3.72. The molecule has 0 atom stereocenters. The van der Waals surface area contributed by atoms with E-state index in [9.17, 15) is 0 Å². The van der Waals surface area contributed by atoms with Crippen LogP contribution in [0.25, 0.3) is 0 Å². The van der Waals surface area contributed by atoms with Gasteiger partial charge in [-0.2, -0.15) is 0 Å². The second-order valence-electron chi connectivity index (χ2n) is 5.32. The molecule has 1 aromatic rings. The SMILES string of the molecule is NC1(c2cc(Br)ccc2OC2CCC2)CCC1. The average molecular weight is 296 g/mol. The molecular weight excluding hydrogens is 278 g/mol. The topological polar surface area (TPSA) is 35.2 Å². The van der Waals surface area contributed by atoms with Gasteiger partial charge in [0.1, 0.15) is 5.75 Å². The molecule has 92 valence electrons. The van der Waals surface area contributed by atoms with Gasteiger partial charge in [0.2, 0.25) is 0 Å². The third-order valence-electron chi connectivity index (χ3n) is 4.07. The van der Waals surface area contributed by atoms with E-state index >= 15 is 0 Å². The summed E-state index contributed by atoms with van der Waals surface area (Å²) in [6, 6.07) is 6.23. The third kappa shape index (κ3) is 2.11. The molecule has 17 heavy (non-hydrogen) atoms. The van der Waals surface area contributed by atoms with Crippen LogP contribution in [0.2, 0.25) is 0 Å². The van der Waals surface area contributed by atoms with Crippen molar-refractivity contribution < 1.29 is 4.74 Å². The summed E-state index contributed by atoms with van der Waals surface area (Å²) < 4.78 is 7.15. The Balaban J connectivity index is 1.90. The predicted molar refractivity (Wildman–Crippen MR) is 72.1 cm³/mol. The first-order valence-electron chi connectivity index (χ1n) is 6.43. The van der Waals surface area contributed by atoms with Crippen molar-refractivity contribution in [2.45, 2.75) is 50.2 Å². The van der Waals surface area contributed by atoms with Gasteiger partial charge in [-0.05, 0) is 56.7 Å². The molecule has 0 unspecified atom stereocenters. The molecule has 0 aliphatic heterocycles. The highest BCUT2D eigenvalue weighted by atomic mass is 79.9. The van der Waals surface area contributed by atoms with Gasteiger partial charge in [0.15, 0.2) is 0 Å². The van der Waals surface area contributed by atoms with Crippen LogP contribution in [0.4, 0.5) is 0 Å². The van der Waals surface area contributed by atoms with Gasteiger partial charge in [0.05, 0.1) is 6.10 Å². The zero-order valence-electron chi connectivity index (χ0n) is 9.92. The molecular formula is C14H18BrNO. The molecule has 2 aliphatic carbocycles. The fraction of sp³-hybridized carbons (Fsp3) is 0.571. The van der Waals surface area contributed by atoms with E-state index in [1.54, 1.807) is 0 Å². The van der Waals surface area contributed by atoms with E-state index < -0.39 is 0 Å². The highest BCUT2D eigenvalue weighted by Crippen LogP contribution is 2.44. The molecule has 3 rings (SSSR count). The van der Waals surface area contributed by atoms with Crippen molar-refractivity contribution in [3.05, 3.63) is 28.2 Å². The molecule has 0 heterocycles. The lowest BCUT2D eigenvalue weighted by Gasteiger charge is -2.40. The number of ether oxygens (including phenoxy) is 1. The largest absolute Gasteiger partial charge is 0.490 e. The fourth-order valence-corrected chi connectivity index (χ4v) is 2.85. The number of benzene rings is 1. The first-order chi connectivity index (χ1) is 8.17. The molecule has 2 aliphatic rings. The summed E-state index contributed by atoms with van der Waals surface area (Å²) in [6.45, 7) is 0. The Morgan fingerprint density at radius 1 is 1.24 bits per heavy atom. The number of rotatable bonds is 3. The maximum Gasteiger partial charge on any atom is 0.124 e. The summed E-state index contributed by atoms with van der Waals surface area (Å²) in [7, 11) is 0. The maximum absolute atomic E-state index is 6.43. The van der Waals surface area contributed by atoms with Crippen molar-refractivity contribution in [3.8, 4) is 5.75 Å². The van der Waals surface area contributed by atoms with Crippen molar-refractivity contribution in [1.82, 2.24) is 0 Å². The Morgan fingerprint density at radius 3 is 2.53 bits per heavy atom. The monoisotopic (exact) mass is 295 g/mol. The first kappa shape index (κ1) is 11.5. The zero-order valence-corrected chi connectivity index (χ0v) is 11.5. The Morgan fingerprint density at radius 2 is 2.00 bits per heavy atom. The van der Waals surface area contributed by atoms with Crippen molar-refractivity contribution in [3.63, 3.8) is 0 Å². The van der Waals surface area contributed by atoms with Crippen LogP contribution >= 0.6 is 15.9 Å². The number of nitrogens with two attached hydrogens (primary N) is 1. The molecule has 1 aromatic carbocycles. The Hall–Kier alpha value is -0.540. The first-order valence-corrected chi connectivity index (χ1v) is 7.22. The highest BCUT2D eigenvalue weighted by Gasteiger charge is 2.37. The molecule has 0 aromatic heterocycles. The minimum Gasteiger partial charge on any atom is -0.490 e. The third-order valence-corrected chi connectivity index (χ3v) is 4.56. The van der Waals surface area contributed by atoms with Crippen LogP contribution in [-0.2, 0) is 5.54 Å². The molecule has 0 saturated heterocycles. The standard InChI is InChI=1S/C14H18BrNO/c15-10-5-6-13(17-11-3-1-4-11)12(9-10)14(16)7-2-8-14/h5-6,9,11H,1-4,7-8,16H2. The van der Waals surface area contributed by atoms with Crippen LogP contribution in [0.15, 0.2) is 22.7 Å². The van der Waals surface area contributed by atoms with Crippen LogP contribution in [0, 0.1) is 0 Å². The van der Waals surface area contributed by atoms with Gasteiger partial charge in [-0.1, -0.05) is 15.9 Å². The van der Waals surface area contributed by atoms with Gasteiger partial charge in [0, 0.05) is 15.6 Å². The molecule has 2 N–H and O–H groups in total. The summed E-state index contributed by atoms with van der Waals surface area (Å²) in [5.74, 6) is 1.00. The molecule has 2 nitrogen and oxygen atoms in total. The summed E-state index contributed by atoms with van der Waals surface area (Å²) in [5.41, 5.74) is 7.46. The second kappa shape index (κ2) is 4.29. The van der Waals surface area contributed by atoms with Crippen LogP contribution < -0.4 is 10.5 Å². The lowest BCUT2D eigenvalue weighted by Crippen LogP contribution is -2.44. The van der Waals surface area contributed by atoms with Gasteiger partial charge >= 0.3 is 0 Å². The lowest BCUT2D eigenvalue weighted by molar-refractivity contribution is 0.114. The summed E-state index contributed by atoms with van der Waals surface area (Å²) in [5, 5.41) is 0. The van der Waals surface area contributed by atoms with Gasteiger partial charge in [-0.25, -0.2) is 0 Å². The van der Waals surface area contributed by atoms with Crippen molar-refractivity contribution in [2.75, 3.05) is 0 Å². The molecule has 3 heteroatoms. The van der Waals surface area contributed by atoms with Crippen molar-refractivity contribution >= 4 is 15.9 Å². The van der Waals surface area contributed by atoms with Gasteiger partial charge in [-0.3, -0.25) is 0 Å². The van der Waals surface area contributed by atoms with E-state index in [0.29, 0.717) is 6.10 Å². The maximum atomic E-state index is 6.43. The lowest BCUT2D eigenvalue weighted by atomic mass is 9.72. The van der Waals surface area contributed by atoms with E-state index in [2.05, 4.69) is 28.1 Å². The second-order valence-corrected chi connectivity index (χ2v) is 6.24. The minimum absolute atomic E-state index is 0.150. The molecule has 0 bridgehead atoms. The Bertz CT molecular complexity index is 424. The Kier molecular flexibility index (Phi) is 2.91.